The van der Waals surface area contributed by atoms with Crippen LogP contribution in [0.25, 0.3) is 10.9 Å². The Morgan fingerprint density at radius 1 is 1.11 bits per heavy atom. The second-order valence-corrected chi connectivity index (χ2v) is 11.0. The summed E-state index contributed by atoms with van der Waals surface area (Å²) in [5, 5.41) is 10.4. The molecule has 0 aliphatic heterocycles. The molecule has 4 aromatic rings. The quantitative estimate of drug-likeness (QED) is 0.142. The molecule has 0 aliphatic carbocycles. The fourth-order valence-corrected chi connectivity index (χ4v) is 4.26. The average molecular weight is 580 g/mol. The van der Waals surface area contributed by atoms with E-state index in [-0.39, 0.29) is 18.9 Å². The Morgan fingerprint density at radius 3 is 2.58 bits per heavy atom. The Labute approximate surface area is 233 Å². The number of rotatable bonds is 11. The molecule has 1 unspecified atom stereocenters. The molecule has 0 saturated heterocycles. The Bertz CT molecular complexity index is 1360. The molecule has 200 valence electrons. The highest BCUT2D eigenvalue weighted by atomic mass is 35.6. The zero-order valence-corrected chi connectivity index (χ0v) is 22.3. The summed E-state index contributed by atoms with van der Waals surface area (Å²) in [4.78, 5) is 35.6. The van der Waals surface area contributed by atoms with Gasteiger partial charge < -0.3 is 24.5 Å². The van der Waals surface area contributed by atoms with E-state index in [0.29, 0.717) is 24.7 Å². The predicted molar refractivity (Wildman–Crippen MR) is 147 cm³/mol. The van der Waals surface area contributed by atoms with Crippen LogP contribution in [-0.2, 0) is 9.53 Å². The molecule has 0 radical (unpaired) electrons. The van der Waals surface area contributed by atoms with Gasteiger partial charge in [0, 0.05) is 48.0 Å². The second-order valence-electron chi connectivity index (χ2n) is 8.45. The molecule has 2 aromatic carbocycles. The van der Waals surface area contributed by atoms with Crippen molar-refractivity contribution in [3.05, 3.63) is 78.2 Å². The van der Waals surface area contributed by atoms with Crippen LogP contribution in [0.1, 0.15) is 29.9 Å². The third kappa shape index (κ3) is 7.34. The number of nitrogens with one attached hydrogen (secondary N) is 2. The first-order valence-corrected chi connectivity index (χ1v) is 12.9. The number of carbonyl (C=O) groups excluding carboxylic acids is 1. The number of nitrogens with zero attached hydrogens (tertiary/aromatic N) is 2. The molecule has 0 spiro atoms. The van der Waals surface area contributed by atoms with E-state index in [1.165, 1.54) is 11.1 Å². The van der Waals surface area contributed by atoms with E-state index in [4.69, 9.17) is 44.3 Å². The van der Waals surface area contributed by atoms with Gasteiger partial charge in [0.1, 0.15) is 12.4 Å². The number of benzene rings is 2. The number of H-pyrrole nitrogens is 2. The zero-order chi connectivity index (χ0) is 27.1. The van der Waals surface area contributed by atoms with Crippen molar-refractivity contribution in [3.63, 3.8) is 0 Å². The third-order valence-electron chi connectivity index (χ3n) is 5.76. The minimum atomic E-state index is -1.72. The number of hydrogen-bond acceptors (Lipinski definition) is 5. The fourth-order valence-electron chi connectivity index (χ4n) is 4.10. The largest absolute Gasteiger partial charge is 0.493 e. The molecule has 0 aliphatic rings. The Balaban J connectivity index is 1.40. The number of fused-ring (bicyclic) bond motifs is 1. The molecule has 0 bridgehead atoms. The first-order valence-electron chi connectivity index (χ1n) is 11.7. The van der Waals surface area contributed by atoms with Gasteiger partial charge in [-0.25, -0.2) is 14.7 Å². The Morgan fingerprint density at radius 2 is 1.89 bits per heavy atom. The molecule has 2 aromatic heterocycles. The molecule has 2 heterocycles. The molecule has 0 fully saturated rings. The van der Waals surface area contributed by atoms with Crippen LogP contribution < -0.4 is 9.64 Å². The minimum absolute atomic E-state index is 0.0223. The number of hydrogen-bond donors (Lipinski definition) is 3. The second kappa shape index (κ2) is 12.4. The average Bonchev–Trinajstić information content (AvgIpc) is 3.56. The SMILES string of the molecule is O=C(O)CC(c1ccccc1)c1c[nH]c2cc(OCCCN(C(=O)OCC(Cl)(Cl)Cl)c3ncc[nH]3)ccc12. The molecular formula is C26H25Cl3N4O5. The van der Waals surface area contributed by atoms with Crippen LogP contribution in [0.5, 0.6) is 5.75 Å². The number of alkyl halides is 3. The van der Waals surface area contributed by atoms with E-state index in [1.54, 1.807) is 6.20 Å². The summed E-state index contributed by atoms with van der Waals surface area (Å²) in [5.74, 6) is -0.228. The molecule has 12 heteroatoms. The van der Waals surface area contributed by atoms with Crippen LogP contribution in [-0.4, -0.2) is 55.7 Å². The Kier molecular flexibility index (Phi) is 9.04. The number of aromatic nitrogens is 3. The van der Waals surface area contributed by atoms with E-state index in [0.717, 1.165) is 22.0 Å². The van der Waals surface area contributed by atoms with Crippen LogP contribution in [0.15, 0.2) is 67.1 Å². The topological polar surface area (TPSA) is 121 Å². The lowest BCUT2D eigenvalue weighted by Crippen LogP contribution is -2.35. The zero-order valence-electron chi connectivity index (χ0n) is 20.1. The molecule has 1 amide bonds. The lowest BCUT2D eigenvalue weighted by atomic mass is 9.88. The van der Waals surface area contributed by atoms with Gasteiger partial charge in [-0.05, 0) is 29.7 Å². The van der Waals surface area contributed by atoms with Crippen molar-refractivity contribution in [3.8, 4) is 5.75 Å². The smallest absolute Gasteiger partial charge is 0.416 e. The van der Waals surface area contributed by atoms with Crippen LogP contribution in [0.4, 0.5) is 10.7 Å². The number of ether oxygens (including phenoxy) is 2. The fraction of sp³-hybridized carbons (Fsp3) is 0.269. The van der Waals surface area contributed by atoms with Gasteiger partial charge >= 0.3 is 12.1 Å². The van der Waals surface area contributed by atoms with Gasteiger partial charge in [-0.3, -0.25) is 4.79 Å². The van der Waals surface area contributed by atoms with Crippen molar-refractivity contribution in [2.24, 2.45) is 0 Å². The van der Waals surface area contributed by atoms with Crippen LogP contribution in [0.2, 0.25) is 0 Å². The van der Waals surface area contributed by atoms with Crippen molar-refractivity contribution >= 4 is 63.7 Å². The highest BCUT2D eigenvalue weighted by Gasteiger charge is 2.26. The highest BCUT2D eigenvalue weighted by molar-refractivity contribution is 6.67. The van der Waals surface area contributed by atoms with Gasteiger partial charge in [-0.2, -0.15) is 0 Å². The summed E-state index contributed by atoms with van der Waals surface area (Å²) in [6.45, 7) is 0.147. The number of halogens is 3. The van der Waals surface area contributed by atoms with E-state index in [1.807, 2.05) is 54.7 Å². The number of anilines is 1. The number of aliphatic carboxylic acids is 1. The lowest BCUT2D eigenvalue weighted by Gasteiger charge is -2.21. The van der Waals surface area contributed by atoms with Crippen LogP contribution in [0, 0.1) is 0 Å². The Hall–Kier alpha value is -3.40. The number of imidazole rings is 1. The van der Waals surface area contributed by atoms with Crippen molar-refractivity contribution < 1.29 is 24.2 Å². The summed E-state index contributed by atoms with van der Waals surface area (Å²) in [7, 11) is 0. The molecule has 9 nitrogen and oxygen atoms in total. The summed E-state index contributed by atoms with van der Waals surface area (Å²) < 4.78 is 9.27. The maximum absolute atomic E-state index is 12.5. The van der Waals surface area contributed by atoms with E-state index in [2.05, 4.69) is 15.0 Å². The predicted octanol–water partition coefficient (Wildman–Crippen LogP) is 6.28. The molecular weight excluding hydrogens is 555 g/mol. The maximum Gasteiger partial charge on any atom is 0.416 e. The van der Waals surface area contributed by atoms with Crippen molar-refractivity contribution in [2.45, 2.75) is 22.6 Å². The number of carboxylic acids is 1. The monoisotopic (exact) mass is 578 g/mol. The van der Waals surface area contributed by atoms with Gasteiger partial charge in [0.05, 0.1) is 13.0 Å². The van der Waals surface area contributed by atoms with Crippen LogP contribution >= 0.6 is 34.8 Å². The van der Waals surface area contributed by atoms with Gasteiger partial charge in [-0.15, -0.1) is 0 Å². The third-order valence-corrected chi connectivity index (χ3v) is 6.08. The number of carboxylic acid groups (broad SMARTS) is 1. The van der Waals surface area contributed by atoms with Crippen LogP contribution in [0.3, 0.4) is 0 Å². The summed E-state index contributed by atoms with van der Waals surface area (Å²) in [6.07, 6.45) is 4.68. The van der Waals surface area contributed by atoms with Gasteiger partial charge in [0.15, 0.2) is 0 Å². The van der Waals surface area contributed by atoms with E-state index >= 15 is 0 Å². The molecule has 4 rings (SSSR count). The molecule has 38 heavy (non-hydrogen) atoms. The summed E-state index contributed by atoms with van der Waals surface area (Å²) in [5.41, 5.74) is 2.67. The summed E-state index contributed by atoms with van der Waals surface area (Å²) in [6, 6.07) is 15.2. The highest BCUT2D eigenvalue weighted by Crippen LogP contribution is 2.34. The number of amides is 1. The minimum Gasteiger partial charge on any atom is -0.493 e. The van der Waals surface area contributed by atoms with Gasteiger partial charge in [0.2, 0.25) is 9.74 Å². The maximum atomic E-state index is 12.5. The standard InChI is InChI=1S/C26H25Cl3N4O5/c27-26(28,29)16-38-25(36)33(24-30-9-10-31-24)11-4-12-37-18-7-8-19-21(15-32-22(19)13-18)20(14-23(34)35)17-5-2-1-3-6-17/h1-3,5-10,13,15,20,32H,4,11-12,14,16H2,(H,30,31)(H,34,35). The van der Waals surface area contributed by atoms with Crippen molar-refractivity contribution in [1.82, 2.24) is 15.0 Å². The molecule has 3 N–H and O–H groups in total. The van der Waals surface area contributed by atoms with E-state index < -0.39 is 22.5 Å². The van der Waals surface area contributed by atoms with Gasteiger partial charge in [-0.1, -0.05) is 65.1 Å². The molecule has 0 saturated carbocycles. The number of aromatic amines is 2. The van der Waals surface area contributed by atoms with Crippen molar-refractivity contribution in [1.29, 1.82) is 0 Å². The summed E-state index contributed by atoms with van der Waals surface area (Å²) >= 11 is 17.0. The first-order chi connectivity index (χ1) is 18.2. The number of carbonyl (C=O) groups is 2. The normalized spacial score (nSPS) is 12.3. The van der Waals surface area contributed by atoms with E-state index in [9.17, 15) is 14.7 Å². The van der Waals surface area contributed by atoms with Gasteiger partial charge in [0.25, 0.3) is 0 Å². The van der Waals surface area contributed by atoms with Crippen molar-refractivity contribution in [2.75, 3.05) is 24.7 Å². The lowest BCUT2D eigenvalue weighted by molar-refractivity contribution is -0.137. The first kappa shape index (κ1) is 27.6. The molecule has 1 atom stereocenters.